The summed E-state index contributed by atoms with van der Waals surface area (Å²) in [5.74, 6) is 0.642. The summed E-state index contributed by atoms with van der Waals surface area (Å²) in [5.41, 5.74) is 7.26. The standard InChI is InChI=1S/C19H30/c1-9-13(2)17-10-11-18(16(5)15(17)4)14(3)12-19(6,7)8/h10-11,13H,3,9,12H2,1-2,4-8H3/t13-/m0/s1. The Morgan fingerprint density at radius 1 is 1.16 bits per heavy atom. The predicted molar refractivity (Wildman–Crippen MR) is 87.7 cm³/mol. The van der Waals surface area contributed by atoms with Crippen molar-refractivity contribution in [1.29, 1.82) is 0 Å². The highest BCUT2D eigenvalue weighted by Gasteiger charge is 2.16. The Labute approximate surface area is 119 Å². The molecule has 0 saturated carbocycles. The molecule has 0 N–H and O–H groups in total. The van der Waals surface area contributed by atoms with Gasteiger partial charge in [0.1, 0.15) is 0 Å². The molecule has 1 rings (SSSR count). The Kier molecular flexibility index (Phi) is 5.01. The van der Waals surface area contributed by atoms with Crippen LogP contribution in [-0.4, -0.2) is 0 Å². The van der Waals surface area contributed by atoms with E-state index in [1.165, 1.54) is 34.2 Å². The fourth-order valence-electron chi connectivity index (χ4n) is 2.71. The van der Waals surface area contributed by atoms with Crippen molar-refractivity contribution in [2.75, 3.05) is 0 Å². The molecule has 19 heavy (non-hydrogen) atoms. The zero-order valence-electron chi connectivity index (χ0n) is 13.9. The van der Waals surface area contributed by atoms with Gasteiger partial charge in [0.15, 0.2) is 0 Å². The highest BCUT2D eigenvalue weighted by atomic mass is 14.2. The van der Waals surface area contributed by atoms with Gasteiger partial charge in [-0.1, -0.05) is 53.3 Å². The van der Waals surface area contributed by atoms with Crippen molar-refractivity contribution in [1.82, 2.24) is 0 Å². The van der Waals surface area contributed by atoms with Gasteiger partial charge >= 0.3 is 0 Å². The molecule has 0 saturated heterocycles. The molecule has 0 fully saturated rings. The molecule has 0 unspecified atom stereocenters. The normalized spacial score (nSPS) is 13.4. The second kappa shape index (κ2) is 5.94. The Morgan fingerprint density at radius 2 is 1.74 bits per heavy atom. The third-order valence-corrected chi connectivity index (χ3v) is 4.10. The maximum absolute atomic E-state index is 4.31. The summed E-state index contributed by atoms with van der Waals surface area (Å²) in [6, 6.07) is 4.58. The molecule has 0 aliphatic heterocycles. The van der Waals surface area contributed by atoms with Crippen LogP contribution in [0.4, 0.5) is 0 Å². The van der Waals surface area contributed by atoms with Gasteiger partial charge in [0, 0.05) is 0 Å². The molecule has 0 heteroatoms. The molecular formula is C19H30. The first-order valence-electron chi connectivity index (χ1n) is 7.45. The molecule has 0 aliphatic rings. The maximum atomic E-state index is 4.31. The summed E-state index contributed by atoms with van der Waals surface area (Å²) in [5, 5.41) is 0. The van der Waals surface area contributed by atoms with Gasteiger partial charge in [-0.3, -0.25) is 0 Å². The lowest BCUT2D eigenvalue weighted by atomic mass is 9.82. The van der Waals surface area contributed by atoms with Crippen LogP contribution in [-0.2, 0) is 0 Å². The molecule has 0 aliphatic carbocycles. The van der Waals surface area contributed by atoms with E-state index in [4.69, 9.17) is 0 Å². The van der Waals surface area contributed by atoms with Crippen LogP contribution >= 0.6 is 0 Å². The first-order valence-corrected chi connectivity index (χ1v) is 7.45. The van der Waals surface area contributed by atoms with Crippen LogP contribution in [0, 0.1) is 19.3 Å². The second-order valence-corrected chi connectivity index (χ2v) is 7.10. The predicted octanol–water partition coefficient (Wildman–Crippen LogP) is 6.27. The third-order valence-electron chi connectivity index (χ3n) is 4.10. The topological polar surface area (TPSA) is 0 Å². The SMILES string of the molecule is C=C(CC(C)(C)C)c1ccc([C@@H](C)CC)c(C)c1C. The van der Waals surface area contributed by atoms with Gasteiger partial charge in [-0.05, 0) is 65.8 Å². The lowest BCUT2D eigenvalue weighted by molar-refractivity contribution is 0.427. The molecule has 0 amide bonds. The van der Waals surface area contributed by atoms with E-state index in [0.717, 1.165) is 6.42 Å². The minimum absolute atomic E-state index is 0.298. The van der Waals surface area contributed by atoms with Gasteiger partial charge in [-0.25, -0.2) is 0 Å². The van der Waals surface area contributed by atoms with Gasteiger partial charge in [-0.15, -0.1) is 0 Å². The van der Waals surface area contributed by atoms with Crippen LogP contribution in [0.3, 0.4) is 0 Å². The highest BCUT2D eigenvalue weighted by Crippen LogP contribution is 2.34. The van der Waals surface area contributed by atoms with E-state index in [-0.39, 0.29) is 0 Å². The third kappa shape index (κ3) is 3.96. The number of hydrogen-bond donors (Lipinski definition) is 0. The molecular weight excluding hydrogens is 228 g/mol. The Hall–Kier alpha value is -1.04. The van der Waals surface area contributed by atoms with Crippen LogP contribution in [0.1, 0.15) is 75.6 Å². The lowest BCUT2D eigenvalue weighted by Crippen LogP contribution is -2.07. The second-order valence-electron chi connectivity index (χ2n) is 7.10. The van der Waals surface area contributed by atoms with E-state index < -0.39 is 0 Å². The molecule has 0 heterocycles. The first-order chi connectivity index (χ1) is 8.67. The zero-order chi connectivity index (χ0) is 14.8. The van der Waals surface area contributed by atoms with E-state index in [0.29, 0.717) is 11.3 Å². The minimum Gasteiger partial charge on any atom is -0.0952 e. The van der Waals surface area contributed by atoms with Crippen molar-refractivity contribution < 1.29 is 0 Å². The minimum atomic E-state index is 0.298. The lowest BCUT2D eigenvalue weighted by Gasteiger charge is -2.23. The summed E-state index contributed by atoms with van der Waals surface area (Å²) >= 11 is 0. The summed E-state index contributed by atoms with van der Waals surface area (Å²) in [6.07, 6.45) is 2.25. The molecule has 0 nitrogen and oxygen atoms in total. The number of allylic oxidation sites excluding steroid dienone is 1. The van der Waals surface area contributed by atoms with Gasteiger partial charge in [0.05, 0.1) is 0 Å². The molecule has 1 aromatic rings. The Bertz CT molecular complexity index is 458. The summed E-state index contributed by atoms with van der Waals surface area (Å²) in [6.45, 7) is 20.2. The summed E-state index contributed by atoms with van der Waals surface area (Å²) < 4.78 is 0. The quantitative estimate of drug-likeness (QED) is 0.597. The van der Waals surface area contributed by atoms with Crippen molar-refractivity contribution >= 4 is 5.57 Å². The smallest absolute Gasteiger partial charge is 0.0190 e. The van der Waals surface area contributed by atoms with Gasteiger partial charge in [-0.2, -0.15) is 0 Å². The average Bonchev–Trinajstić information content (AvgIpc) is 2.29. The largest absolute Gasteiger partial charge is 0.0952 e. The van der Waals surface area contributed by atoms with Gasteiger partial charge in [0.25, 0.3) is 0 Å². The molecule has 0 radical (unpaired) electrons. The summed E-state index contributed by atoms with van der Waals surface area (Å²) in [7, 11) is 0. The molecule has 106 valence electrons. The van der Waals surface area contributed by atoms with E-state index in [1.807, 2.05) is 0 Å². The van der Waals surface area contributed by atoms with E-state index in [2.05, 4.69) is 67.2 Å². The highest BCUT2D eigenvalue weighted by molar-refractivity contribution is 5.68. The van der Waals surface area contributed by atoms with Crippen molar-refractivity contribution in [2.24, 2.45) is 5.41 Å². The molecule has 0 aromatic heterocycles. The van der Waals surface area contributed by atoms with E-state index in [9.17, 15) is 0 Å². The fraction of sp³-hybridized carbons (Fsp3) is 0.579. The van der Waals surface area contributed by atoms with Crippen LogP contribution in [0.25, 0.3) is 5.57 Å². The van der Waals surface area contributed by atoms with Crippen LogP contribution in [0.15, 0.2) is 18.7 Å². The van der Waals surface area contributed by atoms with E-state index in [1.54, 1.807) is 0 Å². The molecule has 1 atom stereocenters. The molecule has 0 spiro atoms. The van der Waals surface area contributed by atoms with Gasteiger partial charge < -0.3 is 0 Å². The number of benzene rings is 1. The van der Waals surface area contributed by atoms with Crippen LogP contribution < -0.4 is 0 Å². The zero-order valence-corrected chi connectivity index (χ0v) is 13.9. The summed E-state index contributed by atoms with van der Waals surface area (Å²) in [4.78, 5) is 0. The van der Waals surface area contributed by atoms with Crippen LogP contribution in [0.2, 0.25) is 0 Å². The van der Waals surface area contributed by atoms with E-state index >= 15 is 0 Å². The first kappa shape index (κ1) is 16.0. The van der Waals surface area contributed by atoms with Crippen molar-refractivity contribution in [2.45, 2.75) is 67.2 Å². The fourth-order valence-corrected chi connectivity index (χ4v) is 2.71. The van der Waals surface area contributed by atoms with Crippen molar-refractivity contribution in [3.63, 3.8) is 0 Å². The van der Waals surface area contributed by atoms with Crippen molar-refractivity contribution in [3.05, 3.63) is 41.0 Å². The number of rotatable bonds is 4. The maximum Gasteiger partial charge on any atom is -0.0190 e. The van der Waals surface area contributed by atoms with Crippen LogP contribution in [0.5, 0.6) is 0 Å². The van der Waals surface area contributed by atoms with Gasteiger partial charge in [0.2, 0.25) is 0 Å². The average molecular weight is 258 g/mol. The monoisotopic (exact) mass is 258 g/mol. The molecule has 1 aromatic carbocycles. The van der Waals surface area contributed by atoms with Crippen molar-refractivity contribution in [3.8, 4) is 0 Å². The molecule has 0 bridgehead atoms. The number of hydrogen-bond acceptors (Lipinski definition) is 0. The Balaban J connectivity index is 3.13. The Morgan fingerprint density at radius 3 is 2.21 bits per heavy atom.